The molecule has 35 heavy (non-hydrogen) atoms. The molecule has 0 aromatic heterocycles. The Kier molecular flexibility index (Phi) is 9.52. The summed E-state index contributed by atoms with van der Waals surface area (Å²) in [6, 6.07) is 19.2. The Morgan fingerprint density at radius 1 is 0.914 bits per heavy atom. The Hall–Kier alpha value is -3.09. The fourth-order valence-corrected chi connectivity index (χ4v) is 4.32. The largest absolute Gasteiger partial charge is 0.390 e. The molecule has 186 valence electrons. The first-order chi connectivity index (χ1) is 16.7. The maximum absolute atomic E-state index is 13.6. The van der Waals surface area contributed by atoms with E-state index in [4.69, 9.17) is 0 Å². The highest BCUT2D eigenvalue weighted by atomic mass is 19.1. The smallest absolute Gasteiger partial charge is 0.217 e. The molecule has 0 saturated heterocycles. The molecule has 0 aliphatic rings. The number of amides is 1. The van der Waals surface area contributed by atoms with E-state index >= 15 is 0 Å². The molecule has 0 fully saturated rings. The standard InChI is InChI=1S/C29H34F2N2O2/c1-19(2)11-21-9-10-27(23-7-5-4-6-8-23)24(12-21)17-32-18-29(35)28(33-20(3)34)15-22-13-25(30)16-26(31)14-22/h4-10,12-14,16,19,28-29,32,35H,11,15,17-18H2,1-3H3,(H,33,34). The van der Waals surface area contributed by atoms with Crippen molar-refractivity contribution < 1.29 is 18.7 Å². The summed E-state index contributed by atoms with van der Waals surface area (Å²) in [5.74, 6) is -1.17. The topological polar surface area (TPSA) is 61.4 Å². The number of hydrogen-bond donors (Lipinski definition) is 3. The van der Waals surface area contributed by atoms with Gasteiger partial charge < -0.3 is 15.7 Å². The molecule has 6 heteroatoms. The fraction of sp³-hybridized carbons (Fsp3) is 0.345. The van der Waals surface area contributed by atoms with E-state index in [1.165, 1.54) is 24.6 Å². The average molecular weight is 481 g/mol. The van der Waals surface area contributed by atoms with Crippen LogP contribution in [0.5, 0.6) is 0 Å². The van der Waals surface area contributed by atoms with Crippen LogP contribution in [0.2, 0.25) is 0 Å². The van der Waals surface area contributed by atoms with Crippen molar-refractivity contribution in [1.82, 2.24) is 10.6 Å². The van der Waals surface area contributed by atoms with Crippen LogP contribution in [0.1, 0.15) is 37.5 Å². The number of carbonyl (C=O) groups is 1. The third kappa shape index (κ3) is 8.26. The Morgan fingerprint density at radius 2 is 1.60 bits per heavy atom. The molecule has 0 saturated carbocycles. The van der Waals surface area contributed by atoms with Crippen LogP contribution in [0.15, 0.2) is 66.7 Å². The van der Waals surface area contributed by atoms with E-state index in [0.29, 0.717) is 18.0 Å². The molecule has 3 aromatic rings. The molecular formula is C29H34F2N2O2. The second-order valence-corrected chi connectivity index (χ2v) is 9.44. The monoisotopic (exact) mass is 480 g/mol. The predicted molar refractivity (Wildman–Crippen MR) is 136 cm³/mol. The zero-order valence-corrected chi connectivity index (χ0v) is 20.5. The van der Waals surface area contributed by atoms with E-state index < -0.39 is 23.8 Å². The molecule has 0 heterocycles. The van der Waals surface area contributed by atoms with Crippen LogP contribution in [0.25, 0.3) is 11.1 Å². The zero-order valence-electron chi connectivity index (χ0n) is 20.5. The van der Waals surface area contributed by atoms with Gasteiger partial charge in [-0.2, -0.15) is 0 Å². The lowest BCUT2D eigenvalue weighted by atomic mass is 9.94. The SMILES string of the molecule is CC(=O)NC(Cc1cc(F)cc(F)c1)C(O)CNCc1cc(CC(C)C)ccc1-c1ccccc1. The minimum Gasteiger partial charge on any atom is -0.390 e. The highest BCUT2D eigenvalue weighted by molar-refractivity contribution is 5.73. The molecule has 2 atom stereocenters. The quantitative estimate of drug-likeness (QED) is 0.361. The summed E-state index contributed by atoms with van der Waals surface area (Å²) in [5, 5.41) is 16.8. The molecule has 3 aromatic carbocycles. The number of carbonyl (C=O) groups excluding carboxylic acids is 1. The molecule has 0 radical (unpaired) electrons. The highest BCUT2D eigenvalue weighted by Gasteiger charge is 2.21. The molecule has 2 unspecified atom stereocenters. The van der Waals surface area contributed by atoms with Gasteiger partial charge in [0.1, 0.15) is 11.6 Å². The first-order valence-electron chi connectivity index (χ1n) is 12.0. The summed E-state index contributed by atoms with van der Waals surface area (Å²) in [6.07, 6.45) is 0.125. The fourth-order valence-electron chi connectivity index (χ4n) is 4.32. The van der Waals surface area contributed by atoms with Crippen molar-refractivity contribution in [2.45, 2.75) is 52.3 Å². The van der Waals surface area contributed by atoms with Crippen LogP contribution in [-0.4, -0.2) is 29.7 Å². The third-order valence-electron chi connectivity index (χ3n) is 5.80. The van der Waals surface area contributed by atoms with E-state index in [9.17, 15) is 18.7 Å². The Balaban J connectivity index is 1.73. The Morgan fingerprint density at radius 3 is 2.23 bits per heavy atom. The number of benzene rings is 3. The number of aliphatic hydroxyl groups is 1. The van der Waals surface area contributed by atoms with Crippen molar-refractivity contribution in [2.75, 3.05) is 6.54 Å². The lowest BCUT2D eigenvalue weighted by Gasteiger charge is -2.24. The van der Waals surface area contributed by atoms with Crippen LogP contribution in [0, 0.1) is 17.6 Å². The lowest BCUT2D eigenvalue weighted by Crippen LogP contribution is -2.48. The van der Waals surface area contributed by atoms with Crippen LogP contribution in [0.3, 0.4) is 0 Å². The zero-order chi connectivity index (χ0) is 25.4. The molecule has 4 nitrogen and oxygen atoms in total. The van der Waals surface area contributed by atoms with E-state index in [1.54, 1.807) is 0 Å². The van der Waals surface area contributed by atoms with Gasteiger partial charge in [0, 0.05) is 26.1 Å². The number of halogens is 2. The second kappa shape index (κ2) is 12.6. The normalized spacial score (nSPS) is 13.0. The Labute approximate surface area is 206 Å². The van der Waals surface area contributed by atoms with Gasteiger partial charge in [0.05, 0.1) is 12.1 Å². The molecule has 0 aliphatic heterocycles. The van der Waals surface area contributed by atoms with Crippen LogP contribution >= 0.6 is 0 Å². The van der Waals surface area contributed by atoms with Gasteiger partial charge in [-0.05, 0) is 58.7 Å². The van der Waals surface area contributed by atoms with Crippen molar-refractivity contribution in [3.63, 3.8) is 0 Å². The first-order valence-corrected chi connectivity index (χ1v) is 12.0. The van der Waals surface area contributed by atoms with E-state index in [0.717, 1.165) is 29.2 Å². The maximum atomic E-state index is 13.6. The van der Waals surface area contributed by atoms with E-state index in [1.807, 2.05) is 18.2 Å². The summed E-state index contributed by atoms with van der Waals surface area (Å²) >= 11 is 0. The number of nitrogens with one attached hydrogen (secondary N) is 2. The second-order valence-electron chi connectivity index (χ2n) is 9.44. The summed E-state index contributed by atoms with van der Waals surface area (Å²) in [4.78, 5) is 11.7. The minimum atomic E-state index is -0.954. The summed E-state index contributed by atoms with van der Waals surface area (Å²) in [6.45, 7) is 6.45. The predicted octanol–water partition coefficient (Wildman–Crippen LogP) is 5.03. The van der Waals surface area contributed by atoms with Gasteiger partial charge in [-0.15, -0.1) is 0 Å². The number of aliphatic hydroxyl groups excluding tert-OH is 1. The molecular weight excluding hydrogens is 446 g/mol. The molecule has 3 N–H and O–H groups in total. The van der Waals surface area contributed by atoms with Crippen molar-refractivity contribution in [1.29, 1.82) is 0 Å². The van der Waals surface area contributed by atoms with Crippen LogP contribution in [0.4, 0.5) is 8.78 Å². The number of rotatable bonds is 11. The van der Waals surface area contributed by atoms with Gasteiger partial charge in [-0.1, -0.05) is 62.4 Å². The van der Waals surface area contributed by atoms with E-state index in [2.05, 4.69) is 54.8 Å². The van der Waals surface area contributed by atoms with Gasteiger partial charge in [-0.25, -0.2) is 8.78 Å². The summed E-state index contributed by atoms with van der Waals surface area (Å²) < 4.78 is 27.2. The van der Waals surface area contributed by atoms with Crippen molar-refractivity contribution in [3.8, 4) is 11.1 Å². The minimum absolute atomic E-state index is 0.107. The molecule has 1 amide bonds. The highest BCUT2D eigenvalue weighted by Crippen LogP contribution is 2.26. The number of hydrogen-bond acceptors (Lipinski definition) is 3. The van der Waals surface area contributed by atoms with Crippen molar-refractivity contribution in [2.24, 2.45) is 5.92 Å². The third-order valence-corrected chi connectivity index (χ3v) is 5.80. The van der Waals surface area contributed by atoms with Crippen molar-refractivity contribution >= 4 is 5.91 Å². The lowest BCUT2D eigenvalue weighted by molar-refractivity contribution is -0.120. The van der Waals surface area contributed by atoms with Crippen molar-refractivity contribution in [3.05, 3.63) is 95.1 Å². The molecule has 3 rings (SSSR count). The molecule has 0 aliphatic carbocycles. The summed E-state index contributed by atoms with van der Waals surface area (Å²) in [5.41, 5.74) is 4.97. The van der Waals surface area contributed by atoms with Gasteiger partial charge >= 0.3 is 0 Å². The van der Waals surface area contributed by atoms with E-state index in [-0.39, 0.29) is 18.9 Å². The Bertz CT molecular complexity index is 1100. The average Bonchev–Trinajstić information content (AvgIpc) is 2.78. The van der Waals surface area contributed by atoms with Crippen LogP contribution in [-0.2, 0) is 24.2 Å². The first kappa shape index (κ1) is 26.5. The maximum Gasteiger partial charge on any atom is 0.217 e. The van der Waals surface area contributed by atoms with Crippen LogP contribution < -0.4 is 10.6 Å². The van der Waals surface area contributed by atoms with Gasteiger partial charge in [0.2, 0.25) is 5.91 Å². The van der Waals surface area contributed by atoms with Gasteiger partial charge in [0.25, 0.3) is 0 Å². The van der Waals surface area contributed by atoms with Gasteiger partial charge in [-0.3, -0.25) is 4.79 Å². The molecule has 0 bridgehead atoms. The van der Waals surface area contributed by atoms with Gasteiger partial charge in [0.15, 0.2) is 0 Å². The summed E-state index contributed by atoms with van der Waals surface area (Å²) in [7, 11) is 0. The molecule has 0 spiro atoms.